The topological polar surface area (TPSA) is 54.9 Å². The first-order chi connectivity index (χ1) is 9.08. The third-order valence-electron chi connectivity index (χ3n) is 2.31. The summed E-state index contributed by atoms with van der Waals surface area (Å²) in [7, 11) is 0. The normalized spacial score (nSPS) is 10.5. The molecule has 0 fully saturated rings. The predicted octanol–water partition coefficient (Wildman–Crippen LogP) is 4.16. The van der Waals surface area contributed by atoms with Gasteiger partial charge in [0.15, 0.2) is 5.13 Å². The highest BCUT2D eigenvalue weighted by atomic mass is 79.9. The molecule has 1 N–H and O–H groups in total. The van der Waals surface area contributed by atoms with Crippen LogP contribution < -0.4 is 5.32 Å². The number of aryl methyl sites for hydroxylation is 1. The molecule has 0 unspecified atom stereocenters. The van der Waals surface area contributed by atoms with E-state index in [-0.39, 0.29) is 5.91 Å². The summed E-state index contributed by atoms with van der Waals surface area (Å²) in [6, 6.07) is 3.31. The zero-order valence-corrected chi connectivity index (χ0v) is 13.3. The van der Waals surface area contributed by atoms with Crippen molar-refractivity contribution in [3.63, 3.8) is 0 Å². The Morgan fingerprint density at radius 1 is 1.53 bits per heavy atom. The van der Waals surface area contributed by atoms with Crippen molar-refractivity contribution in [2.45, 2.75) is 19.8 Å². The molecule has 0 radical (unpaired) electrons. The van der Waals surface area contributed by atoms with Crippen LogP contribution in [-0.2, 0) is 6.42 Å². The zero-order valence-electron chi connectivity index (χ0n) is 10.1. The van der Waals surface area contributed by atoms with Crippen LogP contribution in [0.5, 0.6) is 0 Å². The number of hydrogen-bond donors (Lipinski definition) is 1. The lowest BCUT2D eigenvalue weighted by Crippen LogP contribution is -2.12. The van der Waals surface area contributed by atoms with Crippen molar-refractivity contribution in [3.05, 3.63) is 38.5 Å². The van der Waals surface area contributed by atoms with Gasteiger partial charge in [-0.05, 0) is 34.5 Å². The van der Waals surface area contributed by atoms with Crippen LogP contribution >= 0.6 is 38.9 Å². The first-order valence-electron chi connectivity index (χ1n) is 5.67. The average molecular weight is 361 g/mol. The summed E-state index contributed by atoms with van der Waals surface area (Å²) in [5.74, 6) is -0.233. The third kappa shape index (κ3) is 3.99. The van der Waals surface area contributed by atoms with E-state index in [9.17, 15) is 4.79 Å². The van der Waals surface area contributed by atoms with Gasteiger partial charge in [0.05, 0.1) is 9.98 Å². The minimum absolute atomic E-state index is 0.233. The number of thiazole rings is 1. The molecule has 0 atom stereocenters. The van der Waals surface area contributed by atoms with Gasteiger partial charge >= 0.3 is 0 Å². The fourth-order valence-electron chi connectivity index (χ4n) is 1.55. The van der Waals surface area contributed by atoms with E-state index in [2.05, 4.69) is 38.1 Å². The second-order valence-electron chi connectivity index (χ2n) is 3.84. The van der Waals surface area contributed by atoms with Crippen molar-refractivity contribution in [2.24, 2.45) is 0 Å². The summed E-state index contributed by atoms with van der Waals surface area (Å²) in [6.45, 7) is 2.05. The van der Waals surface area contributed by atoms with Gasteiger partial charge in [-0.25, -0.2) is 9.97 Å². The van der Waals surface area contributed by atoms with E-state index in [1.165, 1.54) is 11.3 Å². The summed E-state index contributed by atoms with van der Waals surface area (Å²) < 4.78 is 0.863. The van der Waals surface area contributed by atoms with Crippen LogP contribution in [0.3, 0.4) is 0 Å². The van der Waals surface area contributed by atoms with Crippen molar-refractivity contribution in [1.29, 1.82) is 0 Å². The molecular weight excluding hydrogens is 350 g/mol. The molecule has 4 nitrogen and oxygen atoms in total. The van der Waals surface area contributed by atoms with E-state index in [4.69, 9.17) is 11.6 Å². The van der Waals surface area contributed by atoms with Crippen LogP contribution in [0.15, 0.2) is 22.1 Å². The van der Waals surface area contributed by atoms with Crippen molar-refractivity contribution >= 4 is 49.9 Å². The van der Waals surface area contributed by atoms with Crippen LogP contribution in [0.4, 0.5) is 5.13 Å². The lowest BCUT2D eigenvalue weighted by Gasteiger charge is -2.05. The molecule has 100 valence electrons. The van der Waals surface area contributed by atoms with Gasteiger partial charge in [0.2, 0.25) is 0 Å². The minimum atomic E-state index is -0.233. The molecule has 0 spiro atoms. The number of amides is 1. The van der Waals surface area contributed by atoms with Crippen molar-refractivity contribution in [1.82, 2.24) is 9.97 Å². The molecule has 0 bridgehead atoms. The van der Waals surface area contributed by atoms with E-state index < -0.39 is 0 Å². The van der Waals surface area contributed by atoms with E-state index in [0.717, 1.165) is 22.3 Å². The summed E-state index contributed by atoms with van der Waals surface area (Å²) in [5.41, 5.74) is 1.32. The van der Waals surface area contributed by atoms with Gasteiger partial charge in [-0.2, -0.15) is 0 Å². The lowest BCUT2D eigenvalue weighted by molar-refractivity contribution is 0.102. The molecule has 0 saturated heterocycles. The predicted molar refractivity (Wildman–Crippen MR) is 81.0 cm³/mol. The molecule has 7 heteroatoms. The summed E-state index contributed by atoms with van der Waals surface area (Å²) in [6.07, 6.45) is 3.39. The van der Waals surface area contributed by atoms with Crippen LogP contribution in [0.2, 0.25) is 5.15 Å². The number of pyridine rings is 1. The number of nitrogens with zero attached hydrogens (tertiary/aromatic N) is 2. The molecule has 0 aromatic carbocycles. The van der Waals surface area contributed by atoms with E-state index >= 15 is 0 Å². The highest BCUT2D eigenvalue weighted by Crippen LogP contribution is 2.24. The second-order valence-corrected chi connectivity index (χ2v) is 6.64. The number of aromatic nitrogens is 2. The van der Waals surface area contributed by atoms with Gasteiger partial charge in [-0.15, -0.1) is 0 Å². The Morgan fingerprint density at radius 2 is 2.32 bits per heavy atom. The van der Waals surface area contributed by atoms with Crippen LogP contribution in [0, 0.1) is 0 Å². The molecule has 0 aliphatic heterocycles. The Bertz CT molecular complexity index is 602. The first kappa shape index (κ1) is 14.4. The quantitative estimate of drug-likeness (QED) is 0.833. The Labute approximate surface area is 128 Å². The van der Waals surface area contributed by atoms with Crippen LogP contribution in [-0.4, -0.2) is 15.9 Å². The summed E-state index contributed by atoms with van der Waals surface area (Å²) in [5, 5.41) is 3.60. The van der Waals surface area contributed by atoms with Crippen LogP contribution in [0.1, 0.15) is 29.4 Å². The number of anilines is 1. The zero-order chi connectivity index (χ0) is 13.8. The first-order valence-corrected chi connectivity index (χ1v) is 7.66. The molecule has 2 rings (SSSR count). The lowest BCUT2D eigenvalue weighted by atomic mass is 10.1. The van der Waals surface area contributed by atoms with E-state index in [0.29, 0.717) is 15.8 Å². The van der Waals surface area contributed by atoms with Gasteiger partial charge in [-0.1, -0.05) is 36.3 Å². The average Bonchev–Trinajstić information content (AvgIpc) is 2.74. The largest absolute Gasteiger partial charge is 0.298 e. The fraction of sp³-hybridized carbons (Fsp3) is 0.250. The Morgan fingerprint density at radius 3 is 2.95 bits per heavy atom. The Hall–Kier alpha value is -0.980. The summed E-state index contributed by atoms with van der Waals surface area (Å²) >= 11 is 10.6. The number of halogens is 2. The maximum atomic E-state index is 12.1. The van der Waals surface area contributed by atoms with Crippen molar-refractivity contribution in [2.75, 3.05) is 5.32 Å². The number of carbonyl (C=O) groups excluding carboxylic acids is 1. The molecule has 19 heavy (non-hydrogen) atoms. The maximum Gasteiger partial charge on any atom is 0.257 e. The molecule has 0 aliphatic rings. The fourth-order valence-corrected chi connectivity index (χ4v) is 2.88. The molecular formula is C12H11BrClN3OS. The molecule has 2 aromatic rings. The SMILES string of the molecule is CCCc1cc(C(=O)Nc2ncc(Br)s2)cc(Cl)n1. The number of rotatable bonds is 4. The number of carbonyl (C=O) groups is 1. The monoisotopic (exact) mass is 359 g/mol. The molecule has 1 amide bonds. The Balaban J connectivity index is 2.18. The van der Waals surface area contributed by atoms with Gasteiger partial charge in [0.25, 0.3) is 5.91 Å². The van der Waals surface area contributed by atoms with E-state index in [1.807, 2.05) is 0 Å². The number of nitrogens with one attached hydrogen (secondary N) is 1. The van der Waals surface area contributed by atoms with E-state index in [1.54, 1.807) is 18.3 Å². The minimum Gasteiger partial charge on any atom is -0.298 e. The van der Waals surface area contributed by atoms with Crippen LogP contribution in [0.25, 0.3) is 0 Å². The second kappa shape index (κ2) is 6.45. The van der Waals surface area contributed by atoms with Gasteiger partial charge in [0, 0.05) is 11.3 Å². The smallest absolute Gasteiger partial charge is 0.257 e. The van der Waals surface area contributed by atoms with Crippen molar-refractivity contribution < 1.29 is 4.79 Å². The van der Waals surface area contributed by atoms with Gasteiger partial charge in [-0.3, -0.25) is 10.1 Å². The Kier molecular flexibility index (Phi) is 4.90. The van der Waals surface area contributed by atoms with Gasteiger partial charge < -0.3 is 0 Å². The molecule has 0 saturated carbocycles. The highest BCUT2D eigenvalue weighted by molar-refractivity contribution is 9.11. The molecule has 2 aromatic heterocycles. The highest BCUT2D eigenvalue weighted by Gasteiger charge is 2.11. The van der Waals surface area contributed by atoms with Crippen molar-refractivity contribution in [3.8, 4) is 0 Å². The molecule has 2 heterocycles. The summed E-state index contributed by atoms with van der Waals surface area (Å²) in [4.78, 5) is 20.3. The standard InChI is InChI=1S/C12H11BrClN3OS/c1-2-3-8-4-7(5-10(14)16-8)11(18)17-12-15-6-9(13)19-12/h4-6H,2-3H2,1H3,(H,15,17,18). The third-order valence-corrected chi connectivity index (χ3v) is 3.90. The molecule has 0 aliphatic carbocycles. The maximum absolute atomic E-state index is 12.1. The number of hydrogen-bond acceptors (Lipinski definition) is 4. The van der Waals surface area contributed by atoms with Gasteiger partial charge in [0.1, 0.15) is 5.15 Å².